The number of phenols is 1. The highest BCUT2D eigenvalue weighted by molar-refractivity contribution is 6.06. The summed E-state index contributed by atoms with van der Waals surface area (Å²) in [5.41, 5.74) is 5.14. The lowest BCUT2D eigenvalue weighted by Gasteiger charge is -2.33. The van der Waals surface area contributed by atoms with Crippen LogP contribution in [0.25, 0.3) is 21.9 Å². The number of aryl methyl sites for hydroxylation is 1. The molecule has 3 aromatic carbocycles. The van der Waals surface area contributed by atoms with Crippen LogP contribution in [0.4, 0.5) is 0 Å². The largest absolute Gasteiger partial charge is 0.507 e. The Morgan fingerprint density at radius 3 is 2.30 bits per heavy atom. The topological polar surface area (TPSA) is 60.0 Å². The van der Waals surface area contributed by atoms with Gasteiger partial charge in [0.15, 0.2) is 0 Å². The quantitative estimate of drug-likeness (QED) is 0.627. The van der Waals surface area contributed by atoms with Crippen LogP contribution in [0, 0.1) is 6.92 Å². The van der Waals surface area contributed by atoms with E-state index in [9.17, 15) is 5.11 Å². The third-order valence-electron chi connectivity index (χ3n) is 6.09. The molecule has 0 unspecified atom stereocenters. The molecule has 0 radical (unpaired) electrons. The molecule has 0 saturated carbocycles. The van der Waals surface area contributed by atoms with E-state index >= 15 is 0 Å². The molecule has 4 rings (SSSR count). The molecular formula is C25H29NO4. The zero-order valence-electron chi connectivity index (χ0n) is 18.4. The van der Waals surface area contributed by atoms with E-state index < -0.39 is 0 Å². The van der Waals surface area contributed by atoms with Crippen LogP contribution < -0.4 is 19.5 Å². The first-order valence-corrected chi connectivity index (χ1v) is 10.2. The number of nitrogens with one attached hydrogen (secondary N) is 1. The highest BCUT2D eigenvalue weighted by Gasteiger charge is 2.30. The van der Waals surface area contributed by atoms with Gasteiger partial charge < -0.3 is 24.6 Å². The molecule has 5 nitrogen and oxygen atoms in total. The fourth-order valence-corrected chi connectivity index (χ4v) is 4.93. The molecule has 3 aromatic rings. The first-order valence-electron chi connectivity index (χ1n) is 10.2. The van der Waals surface area contributed by atoms with E-state index in [0.717, 1.165) is 56.5 Å². The summed E-state index contributed by atoms with van der Waals surface area (Å²) in [5, 5.41) is 16.7. The molecule has 2 atom stereocenters. The Labute approximate surface area is 177 Å². The summed E-state index contributed by atoms with van der Waals surface area (Å²) in [4.78, 5) is 0. The Morgan fingerprint density at radius 2 is 1.63 bits per heavy atom. The van der Waals surface area contributed by atoms with E-state index in [2.05, 4.69) is 32.2 Å². The van der Waals surface area contributed by atoms with E-state index in [4.69, 9.17) is 14.2 Å². The summed E-state index contributed by atoms with van der Waals surface area (Å²) in [6.45, 7) is 6.36. The minimum absolute atomic E-state index is 0.123. The van der Waals surface area contributed by atoms with Gasteiger partial charge in [-0.05, 0) is 61.4 Å². The van der Waals surface area contributed by atoms with Crippen molar-refractivity contribution in [1.82, 2.24) is 5.32 Å². The predicted octanol–water partition coefficient (Wildman–Crippen LogP) is 5.14. The summed E-state index contributed by atoms with van der Waals surface area (Å²) in [6, 6.07) is 10.1. The van der Waals surface area contributed by atoms with Crippen molar-refractivity contribution >= 4 is 10.8 Å². The molecule has 0 saturated heterocycles. The van der Waals surface area contributed by atoms with Gasteiger partial charge in [0.05, 0.1) is 26.7 Å². The predicted molar refractivity (Wildman–Crippen MR) is 120 cm³/mol. The maximum atomic E-state index is 11.2. The van der Waals surface area contributed by atoms with E-state index in [0.29, 0.717) is 5.75 Å². The zero-order valence-corrected chi connectivity index (χ0v) is 18.4. The number of ether oxygens (including phenoxy) is 3. The highest BCUT2D eigenvalue weighted by atomic mass is 16.5. The molecule has 5 heteroatoms. The summed E-state index contributed by atoms with van der Waals surface area (Å²) in [7, 11) is 4.98. The van der Waals surface area contributed by atoms with Crippen molar-refractivity contribution in [3.8, 4) is 34.1 Å². The molecule has 0 aliphatic carbocycles. The Morgan fingerprint density at radius 1 is 0.933 bits per heavy atom. The van der Waals surface area contributed by atoms with Gasteiger partial charge in [0, 0.05) is 29.3 Å². The number of aromatic hydroxyl groups is 1. The second-order valence-electron chi connectivity index (χ2n) is 8.01. The lowest BCUT2D eigenvalue weighted by molar-refractivity contribution is 0.377. The summed E-state index contributed by atoms with van der Waals surface area (Å²) in [5.74, 6) is 2.44. The molecule has 1 aliphatic heterocycles. The lowest BCUT2D eigenvalue weighted by Crippen LogP contribution is -2.36. The molecule has 158 valence electrons. The van der Waals surface area contributed by atoms with Gasteiger partial charge in [0.25, 0.3) is 0 Å². The number of hydrogen-bond acceptors (Lipinski definition) is 5. The number of hydrogen-bond donors (Lipinski definition) is 2. The first kappa shape index (κ1) is 20.4. The van der Waals surface area contributed by atoms with Crippen molar-refractivity contribution in [1.29, 1.82) is 0 Å². The Hall–Kier alpha value is -2.92. The second kappa shape index (κ2) is 7.73. The molecule has 0 amide bonds. The first-order chi connectivity index (χ1) is 14.4. The molecule has 0 spiro atoms. The third kappa shape index (κ3) is 3.05. The summed E-state index contributed by atoms with van der Waals surface area (Å²) in [6.07, 6.45) is 0.802. The van der Waals surface area contributed by atoms with E-state index in [1.165, 1.54) is 0 Å². The lowest BCUT2D eigenvalue weighted by atomic mass is 9.81. The number of phenolic OH excluding ortho intramolecular Hbond substituents is 1. The Kier molecular flexibility index (Phi) is 5.24. The van der Waals surface area contributed by atoms with Crippen molar-refractivity contribution in [2.24, 2.45) is 0 Å². The monoisotopic (exact) mass is 407 g/mol. The molecule has 1 aliphatic rings. The van der Waals surface area contributed by atoms with Gasteiger partial charge in [-0.2, -0.15) is 0 Å². The van der Waals surface area contributed by atoms with Crippen molar-refractivity contribution in [2.45, 2.75) is 39.3 Å². The highest BCUT2D eigenvalue weighted by Crippen LogP contribution is 2.49. The molecular weight excluding hydrogens is 378 g/mol. The van der Waals surface area contributed by atoms with Gasteiger partial charge in [-0.1, -0.05) is 12.1 Å². The molecule has 30 heavy (non-hydrogen) atoms. The van der Waals surface area contributed by atoms with Crippen molar-refractivity contribution < 1.29 is 19.3 Å². The number of rotatable bonds is 4. The maximum Gasteiger partial charge on any atom is 0.130 e. The van der Waals surface area contributed by atoms with Gasteiger partial charge >= 0.3 is 0 Å². The van der Waals surface area contributed by atoms with Crippen LogP contribution in [0.2, 0.25) is 0 Å². The van der Waals surface area contributed by atoms with Crippen LogP contribution in [0.15, 0.2) is 30.3 Å². The standard InChI is InChI=1S/C25H29NO4/c1-13-10-20(29-5)25-16(8-7-9-19(25)28-4)22(13)24-17-11-14(2)26-15(3)23(17)21(30-6)12-18(24)27/h7-10,12,14-15,26-27H,11H2,1-6H3/t14-,15-/m0/s1. The second-order valence-corrected chi connectivity index (χ2v) is 8.01. The number of benzene rings is 3. The molecule has 0 bridgehead atoms. The van der Waals surface area contributed by atoms with Gasteiger partial charge in [0.1, 0.15) is 23.0 Å². The molecule has 2 N–H and O–H groups in total. The van der Waals surface area contributed by atoms with Crippen LogP contribution in [-0.4, -0.2) is 32.5 Å². The van der Waals surface area contributed by atoms with Crippen LogP contribution in [0.3, 0.4) is 0 Å². The molecule has 0 aromatic heterocycles. The third-order valence-corrected chi connectivity index (χ3v) is 6.09. The Balaban J connectivity index is 2.15. The van der Waals surface area contributed by atoms with Crippen molar-refractivity contribution in [3.63, 3.8) is 0 Å². The zero-order chi connectivity index (χ0) is 21.6. The van der Waals surface area contributed by atoms with Crippen LogP contribution in [-0.2, 0) is 6.42 Å². The molecule has 0 fully saturated rings. The van der Waals surface area contributed by atoms with E-state index in [-0.39, 0.29) is 17.8 Å². The smallest absolute Gasteiger partial charge is 0.130 e. The van der Waals surface area contributed by atoms with E-state index in [1.54, 1.807) is 27.4 Å². The van der Waals surface area contributed by atoms with Crippen LogP contribution in [0.5, 0.6) is 23.0 Å². The van der Waals surface area contributed by atoms with Crippen molar-refractivity contribution in [2.75, 3.05) is 21.3 Å². The SMILES string of the molecule is COc1cc(O)c(-c2c(C)cc(OC)c3c(OC)cccc23)c2c1[C@H](C)N[C@@H](C)C2. The summed E-state index contributed by atoms with van der Waals surface area (Å²) < 4.78 is 17.0. The Bertz CT molecular complexity index is 1120. The van der Waals surface area contributed by atoms with Gasteiger partial charge in [0.2, 0.25) is 0 Å². The fraction of sp³-hybridized carbons (Fsp3) is 0.360. The number of methoxy groups -OCH3 is 3. The average molecular weight is 408 g/mol. The minimum Gasteiger partial charge on any atom is -0.507 e. The van der Waals surface area contributed by atoms with Crippen LogP contribution >= 0.6 is 0 Å². The number of fused-ring (bicyclic) bond motifs is 2. The van der Waals surface area contributed by atoms with Gasteiger partial charge in [-0.15, -0.1) is 0 Å². The van der Waals surface area contributed by atoms with E-state index in [1.807, 2.05) is 18.2 Å². The van der Waals surface area contributed by atoms with Crippen molar-refractivity contribution in [3.05, 3.63) is 47.0 Å². The average Bonchev–Trinajstić information content (AvgIpc) is 2.72. The minimum atomic E-state index is 0.123. The van der Waals surface area contributed by atoms with Gasteiger partial charge in [-0.25, -0.2) is 0 Å². The summed E-state index contributed by atoms with van der Waals surface area (Å²) >= 11 is 0. The normalized spacial score (nSPS) is 18.2. The van der Waals surface area contributed by atoms with Gasteiger partial charge in [-0.3, -0.25) is 0 Å². The molecule has 1 heterocycles. The van der Waals surface area contributed by atoms with Crippen LogP contribution in [0.1, 0.15) is 36.6 Å². The maximum absolute atomic E-state index is 11.2. The fourth-order valence-electron chi connectivity index (χ4n) is 4.93.